The maximum Gasteiger partial charge on any atom is 0.136 e. The van der Waals surface area contributed by atoms with Gasteiger partial charge in [-0.2, -0.15) is 0 Å². The van der Waals surface area contributed by atoms with Gasteiger partial charge in [-0.15, -0.1) is 12.4 Å². The van der Waals surface area contributed by atoms with Crippen LogP contribution in [0.3, 0.4) is 0 Å². The second-order valence-corrected chi connectivity index (χ2v) is 7.77. The predicted molar refractivity (Wildman–Crippen MR) is 111 cm³/mol. The number of likely N-dealkylation sites (N-methyl/N-ethyl adjacent to an activating group) is 1. The zero-order valence-corrected chi connectivity index (χ0v) is 16.6. The molecular formula is C17H20Cl2N2OS2. The molecule has 0 saturated carbocycles. The van der Waals surface area contributed by atoms with E-state index in [4.69, 9.17) is 23.8 Å². The van der Waals surface area contributed by atoms with Crippen molar-refractivity contribution in [3.63, 3.8) is 0 Å². The summed E-state index contributed by atoms with van der Waals surface area (Å²) in [5, 5.41) is 12.9. The van der Waals surface area contributed by atoms with Crippen LogP contribution in [-0.2, 0) is 5.75 Å². The van der Waals surface area contributed by atoms with Gasteiger partial charge in [0.2, 0.25) is 0 Å². The molecule has 0 spiro atoms. The summed E-state index contributed by atoms with van der Waals surface area (Å²) in [6.07, 6.45) is 0. The number of thiocarbonyl (C=S) groups is 1. The van der Waals surface area contributed by atoms with Gasteiger partial charge in [-0.25, -0.2) is 0 Å². The van der Waals surface area contributed by atoms with Crippen molar-refractivity contribution in [1.82, 2.24) is 9.80 Å². The van der Waals surface area contributed by atoms with E-state index in [2.05, 4.69) is 16.8 Å². The Hall–Kier alpha value is -0.720. The zero-order chi connectivity index (χ0) is 16.4. The maximum absolute atomic E-state index is 10.5. The Morgan fingerprint density at radius 3 is 2.62 bits per heavy atom. The largest absolute Gasteiger partial charge is 0.507 e. The molecule has 7 heteroatoms. The summed E-state index contributed by atoms with van der Waals surface area (Å²) >= 11 is 13.5. The Kier molecular flexibility index (Phi) is 7.01. The van der Waals surface area contributed by atoms with Crippen molar-refractivity contribution in [2.45, 2.75) is 5.75 Å². The number of hydrogen-bond donors (Lipinski definition) is 1. The van der Waals surface area contributed by atoms with Crippen LogP contribution in [0, 0.1) is 0 Å². The van der Waals surface area contributed by atoms with Gasteiger partial charge in [0, 0.05) is 47.9 Å². The van der Waals surface area contributed by atoms with Crippen LogP contribution >= 0.6 is 48.0 Å². The van der Waals surface area contributed by atoms with E-state index in [0.29, 0.717) is 10.8 Å². The molecule has 1 saturated heterocycles. The smallest absolute Gasteiger partial charge is 0.136 e. The first-order valence-electron chi connectivity index (χ1n) is 7.55. The molecule has 1 aliphatic rings. The number of benzene rings is 2. The Bertz CT molecular complexity index is 734. The van der Waals surface area contributed by atoms with Crippen molar-refractivity contribution >= 4 is 63.1 Å². The number of aromatic hydroxyl groups is 1. The minimum Gasteiger partial charge on any atom is -0.507 e. The summed E-state index contributed by atoms with van der Waals surface area (Å²) in [6.45, 7) is 3.98. The molecule has 0 radical (unpaired) electrons. The number of hydrogen-bond acceptors (Lipinski definition) is 4. The van der Waals surface area contributed by atoms with Gasteiger partial charge in [-0.1, -0.05) is 59.8 Å². The fourth-order valence-electron chi connectivity index (χ4n) is 2.69. The van der Waals surface area contributed by atoms with Gasteiger partial charge in [-0.05, 0) is 18.5 Å². The van der Waals surface area contributed by atoms with E-state index < -0.39 is 0 Å². The first-order valence-corrected chi connectivity index (χ1v) is 9.33. The quantitative estimate of drug-likeness (QED) is 0.751. The molecule has 1 N–H and O–H groups in total. The molecule has 0 aromatic heterocycles. The molecule has 2 aromatic rings. The summed E-state index contributed by atoms with van der Waals surface area (Å²) in [7, 11) is 2.13. The third-order valence-electron chi connectivity index (χ3n) is 4.17. The molecule has 0 bridgehead atoms. The van der Waals surface area contributed by atoms with Gasteiger partial charge < -0.3 is 14.9 Å². The van der Waals surface area contributed by atoms with Crippen LogP contribution in [0.2, 0.25) is 5.02 Å². The van der Waals surface area contributed by atoms with Gasteiger partial charge in [-0.3, -0.25) is 0 Å². The minimum atomic E-state index is 0. The highest BCUT2D eigenvalue weighted by Crippen LogP contribution is 2.37. The molecule has 0 atom stereocenters. The van der Waals surface area contributed by atoms with Crippen molar-refractivity contribution in [1.29, 1.82) is 0 Å². The van der Waals surface area contributed by atoms with E-state index in [1.165, 1.54) is 0 Å². The molecule has 1 heterocycles. The van der Waals surface area contributed by atoms with Crippen LogP contribution in [-0.4, -0.2) is 52.5 Å². The number of nitrogens with zero attached hydrogens (tertiary/aromatic N) is 2. The predicted octanol–water partition coefficient (Wildman–Crippen LogP) is 4.39. The highest BCUT2D eigenvalue weighted by Gasteiger charge is 2.18. The van der Waals surface area contributed by atoms with E-state index in [1.807, 2.05) is 30.3 Å². The molecule has 0 amide bonds. The molecule has 1 fully saturated rings. The topological polar surface area (TPSA) is 26.7 Å². The van der Waals surface area contributed by atoms with Crippen LogP contribution in [0.25, 0.3) is 10.8 Å². The van der Waals surface area contributed by atoms with E-state index in [0.717, 1.165) is 46.8 Å². The molecule has 2 aromatic carbocycles. The van der Waals surface area contributed by atoms with Gasteiger partial charge in [0.05, 0.1) is 0 Å². The maximum atomic E-state index is 10.5. The molecule has 0 unspecified atom stereocenters. The average Bonchev–Trinajstić information content (AvgIpc) is 2.55. The van der Waals surface area contributed by atoms with E-state index >= 15 is 0 Å². The third kappa shape index (κ3) is 4.27. The summed E-state index contributed by atoms with van der Waals surface area (Å²) in [4.78, 5) is 4.53. The molecule has 3 rings (SSSR count). The number of thioether (sulfide) groups is 1. The van der Waals surface area contributed by atoms with Crippen LogP contribution in [0.1, 0.15) is 5.56 Å². The zero-order valence-electron chi connectivity index (χ0n) is 13.4. The lowest BCUT2D eigenvalue weighted by Gasteiger charge is -2.33. The summed E-state index contributed by atoms with van der Waals surface area (Å²) in [5.74, 6) is 0.850. The van der Waals surface area contributed by atoms with Crippen LogP contribution in [0.15, 0.2) is 30.3 Å². The molecule has 1 aliphatic heterocycles. The first-order chi connectivity index (χ1) is 11.1. The lowest BCUT2D eigenvalue weighted by Crippen LogP contribution is -2.45. The van der Waals surface area contributed by atoms with Gasteiger partial charge in [0.1, 0.15) is 10.1 Å². The highest BCUT2D eigenvalue weighted by atomic mass is 35.5. The van der Waals surface area contributed by atoms with Crippen molar-refractivity contribution < 1.29 is 5.11 Å². The molecule has 24 heavy (non-hydrogen) atoms. The lowest BCUT2D eigenvalue weighted by molar-refractivity contribution is 0.220. The monoisotopic (exact) mass is 402 g/mol. The number of fused-ring (bicyclic) bond motifs is 1. The average molecular weight is 403 g/mol. The number of phenols is 1. The minimum absolute atomic E-state index is 0. The second kappa shape index (κ2) is 8.59. The second-order valence-electron chi connectivity index (χ2n) is 5.75. The number of rotatable bonds is 2. The Morgan fingerprint density at radius 1 is 1.25 bits per heavy atom. The highest BCUT2D eigenvalue weighted by molar-refractivity contribution is 8.22. The Morgan fingerprint density at radius 2 is 1.92 bits per heavy atom. The van der Waals surface area contributed by atoms with E-state index in [9.17, 15) is 5.11 Å². The van der Waals surface area contributed by atoms with Crippen LogP contribution < -0.4 is 0 Å². The van der Waals surface area contributed by atoms with Crippen molar-refractivity contribution in [3.8, 4) is 5.75 Å². The Balaban J connectivity index is 0.00000208. The summed E-state index contributed by atoms with van der Waals surface area (Å²) < 4.78 is 0.877. The number of phenolic OH excluding ortho intramolecular Hbond substituents is 1. The number of halogens is 2. The van der Waals surface area contributed by atoms with Crippen LogP contribution in [0.5, 0.6) is 5.75 Å². The normalized spacial score (nSPS) is 15.3. The molecular weight excluding hydrogens is 383 g/mol. The summed E-state index contributed by atoms with van der Waals surface area (Å²) in [5.41, 5.74) is 0.756. The number of piperazine rings is 1. The van der Waals surface area contributed by atoms with Gasteiger partial charge >= 0.3 is 0 Å². The third-order valence-corrected chi connectivity index (χ3v) is 6.06. The van der Waals surface area contributed by atoms with Gasteiger partial charge in [0.15, 0.2) is 0 Å². The van der Waals surface area contributed by atoms with Crippen LogP contribution in [0.4, 0.5) is 0 Å². The van der Waals surface area contributed by atoms with Gasteiger partial charge in [0.25, 0.3) is 0 Å². The SMILES string of the molecule is CN1CCN(C(=S)SCc2c(Cl)cc3ccccc3c2O)CC1.Cl. The fraction of sp³-hybridized carbons (Fsp3) is 0.353. The molecule has 0 aliphatic carbocycles. The fourth-order valence-corrected chi connectivity index (χ4v) is 4.33. The van der Waals surface area contributed by atoms with E-state index in [-0.39, 0.29) is 18.2 Å². The summed E-state index contributed by atoms with van der Waals surface area (Å²) in [6, 6.07) is 9.63. The van der Waals surface area contributed by atoms with Crippen molar-refractivity contribution in [3.05, 3.63) is 40.9 Å². The first kappa shape index (κ1) is 19.6. The van der Waals surface area contributed by atoms with Crippen molar-refractivity contribution in [2.75, 3.05) is 33.2 Å². The van der Waals surface area contributed by atoms with E-state index in [1.54, 1.807) is 11.8 Å². The lowest BCUT2D eigenvalue weighted by atomic mass is 10.1. The molecule has 3 nitrogen and oxygen atoms in total. The standard InChI is InChI=1S/C17H19ClN2OS2.ClH/c1-19-6-8-20(9-7-19)17(22)23-11-14-15(18)10-12-4-2-3-5-13(12)16(14)21;/h2-5,10,21H,6-9,11H2,1H3;1H. The van der Waals surface area contributed by atoms with Crippen molar-refractivity contribution in [2.24, 2.45) is 0 Å². The molecule has 130 valence electrons. The Labute approximate surface area is 163 Å².